The number of carbonyl (C=O) groups is 1. The molecule has 0 saturated heterocycles. The lowest BCUT2D eigenvalue weighted by Crippen LogP contribution is -1.93. The molecule has 2 rings (SSSR count). The van der Waals surface area contributed by atoms with Crippen molar-refractivity contribution in [2.45, 2.75) is 6.92 Å². The predicted octanol–water partition coefficient (Wildman–Crippen LogP) is 5.53. The third kappa shape index (κ3) is 3.09. The quantitative estimate of drug-likeness (QED) is 0.690. The number of hydrogen-bond acceptors (Lipinski definition) is 2. The second-order valence-electron chi connectivity index (χ2n) is 4.05. The Bertz CT molecular complexity index is 654. The molecule has 0 bridgehead atoms. The first-order chi connectivity index (χ1) is 9.56. The van der Waals surface area contributed by atoms with Crippen molar-refractivity contribution < 1.29 is 9.53 Å². The van der Waals surface area contributed by atoms with Crippen molar-refractivity contribution in [3.63, 3.8) is 0 Å². The number of ether oxygens (including phenoxy) is 1. The molecule has 0 atom stereocenters. The summed E-state index contributed by atoms with van der Waals surface area (Å²) in [6.45, 7) is 2.37. The summed E-state index contributed by atoms with van der Waals surface area (Å²) in [4.78, 5) is 10.7. The van der Waals surface area contributed by atoms with E-state index in [1.54, 1.807) is 30.3 Å². The number of carbonyl (C=O) groups excluding carboxylic acids is 1. The van der Waals surface area contributed by atoms with Crippen molar-refractivity contribution in [3.8, 4) is 16.9 Å². The van der Waals surface area contributed by atoms with Crippen molar-refractivity contribution in [2.75, 3.05) is 6.61 Å². The molecule has 0 aliphatic heterocycles. The number of halogens is 3. The first kappa shape index (κ1) is 15.2. The fourth-order valence-electron chi connectivity index (χ4n) is 1.82. The monoisotopic (exact) mass is 328 g/mol. The van der Waals surface area contributed by atoms with E-state index in [0.717, 1.165) is 6.29 Å². The minimum atomic E-state index is 0.441. The molecule has 104 valence electrons. The van der Waals surface area contributed by atoms with Crippen LogP contribution in [-0.2, 0) is 0 Å². The Morgan fingerprint density at radius 3 is 2.30 bits per heavy atom. The van der Waals surface area contributed by atoms with Gasteiger partial charge in [0.25, 0.3) is 0 Å². The first-order valence-electron chi connectivity index (χ1n) is 5.93. The van der Waals surface area contributed by atoms with Crippen LogP contribution in [-0.4, -0.2) is 12.9 Å². The van der Waals surface area contributed by atoms with Crippen LogP contribution in [0, 0.1) is 0 Å². The molecule has 0 aliphatic rings. The average Bonchev–Trinajstić information content (AvgIpc) is 2.43. The molecule has 0 aliphatic carbocycles. The van der Waals surface area contributed by atoms with Crippen LogP contribution < -0.4 is 4.74 Å². The highest BCUT2D eigenvalue weighted by Crippen LogP contribution is 2.39. The third-order valence-electron chi connectivity index (χ3n) is 2.74. The van der Waals surface area contributed by atoms with E-state index < -0.39 is 0 Å². The van der Waals surface area contributed by atoms with Crippen molar-refractivity contribution in [1.29, 1.82) is 0 Å². The summed E-state index contributed by atoms with van der Waals surface area (Å²) < 4.78 is 5.38. The molecule has 0 saturated carbocycles. The molecule has 2 aromatic carbocycles. The van der Waals surface area contributed by atoms with E-state index in [0.29, 0.717) is 44.1 Å². The van der Waals surface area contributed by atoms with Gasteiger partial charge in [-0.2, -0.15) is 0 Å². The largest absolute Gasteiger partial charge is 0.492 e. The van der Waals surface area contributed by atoms with Crippen LogP contribution in [0.5, 0.6) is 5.75 Å². The normalized spacial score (nSPS) is 10.4. The Morgan fingerprint density at radius 2 is 1.70 bits per heavy atom. The highest BCUT2D eigenvalue weighted by atomic mass is 35.5. The average molecular weight is 330 g/mol. The van der Waals surface area contributed by atoms with Crippen molar-refractivity contribution in [3.05, 3.63) is 51.0 Å². The lowest BCUT2D eigenvalue weighted by atomic mass is 10.0. The molecule has 0 fully saturated rings. The van der Waals surface area contributed by atoms with Gasteiger partial charge in [-0.15, -0.1) is 0 Å². The molecule has 2 aromatic rings. The van der Waals surface area contributed by atoms with Gasteiger partial charge in [-0.25, -0.2) is 0 Å². The van der Waals surface area contributed by atoms with Gasteiger partial charge in [-0.05, 0) is 19.1 Å². The maximum atomic E-state index is 10.7. The standard InChI is InChI=1S/C15H11Cl3O2/c1-2-20-15-7-13(17)11(6-14(15)18)10-4-3-9(8-19)5-12(10)16/h3-8H,2H2,1H3. The predicted molar refractivity (Wildman–Crippen MR) is 83.5 cm³/mol. The Balaban J connectivity index is 2.53. The second-order valence-corrected chi connectivity index (χ2v) is 5.27. The number of aldehydes is 1. The number of hydrogen-bond donors (Lipinski definition) is 0. The summed E-state index contributed by atoms with van der Waals surface area (Å²) in [5, 5.41) is 1.39. The fourth-order valence-corrected chi connectivity index (χ4v) is 2.59. The van der Waals surface area contributed by atoms with Crippen molar-refractivity contribution >= 4 is 41.1 Å². The minimum Gasteiger partial charge on any atom is -0.492 e. The van der Waals surface area contributed by atoms with Gasteiger partial charge in [-0.3, -0.25) is 4.79 Å². The van der Waals surface area contributed by atoms with Crippen LogP contribution in [0.4, 0.5) is 0 Å². The molecule has 0 spiro atoms. The van der Waals surface area contributed by atoms with Gasteiger partial charge >= 0.3 is 0 Å². The maximum Gasteiger partial charge on any atom is 0.150 e. The summed E-state index contributed by atoms with van der Waals surface area (Å²) in [5.74, 6) is 0.531. The zero-order valence-corrected chi connectivity index (χ0v) is 12.9. The van der Waals surface area contributed by atoms with Crippen LogP contribution in [0.2, 0.25) is 15.1 Å². The van der Waals surface area contributed by atoms with Gasteiger partial charge in [0.1, 0.15) is 12.0 Å². The van der Waals surface area contributed by atoms with E-state index in [1.165, 1.54) is 0 Å². The highest BCUT2D eigenvalue weighted by molar-refractivity contribution is 6.38. The minimum absolute atomic E-state index is 0.441. The van der Waals surface area contributed by atoms with Crippen LogP contribution in [0.15, 0.2) is 30.3 Å². The summed E-state index contributed by atoms with van der Waals surface area (Å²) in [6, 6.07) is 8.37. The van der Waals surface area contributed by atoms with Crippen LogP contribution in [0.3, 0.4) is 0 Å². The molecule has 0 unspecified atom stereocenters. The molecule has 20 heavy (non-hydrogen) atoms. The van der Waals surface area contributed by atoms with Crippen LogP contribution >= 0.6 is 34.8 Å². The SMILES string of the molecule is CCOc1cc(Cl)c(-c2ccc(C=O)cc2Cl)cc1Cl. The van der Waals surface area contributed by atoms with E-state index in [4.69, 9.17) is 39.5 Å². The summed E-state index contributed by atoms with van der Waals surface area (Å²) in [7, 11) is 0. The van der Waals surface area contributed by atoms with E-state index in [9.17, 15) is 4.79 Å². The molecule has 0 amide bonds. The summed E-state index contributed by atoms with van der Waals surface area (Å²) in [5.41, 5.74) is 1.92. The number of rotatable bonds is 4. The van der Waals surface area contributed by atoms with E-state index in [2.05, 4.69) is 0 Å². The molecule has 2 nitrogen and oxygen atoms in total. The Hall–Kier alpha value is -1.22. The van der Waals surface area contributed by atoms with Crippen molar-refractivity contribution in [1.82, 2.24) is 0 Å². The zero-order valence-electron chi connectivity index (χ0n) is 10.6. The highest BCUT2D eigenvalue weighted by Gasteiger charge is 2.13. The summed E-state index contributed by atoms with van der Waals surface area (Å²) in [6.07, 6.45) is 0.739. The van der Waals surface area contributed by atoms with E-state index in [1.807, 2.05) is 6.92 Å². The topological polar surface area (TPSA) is 26.3 Å². The van der Waals surface area contributed by atoms with Gasteiger partial charge in [0, 0.05) is 27.8 Å². The first-order valence-corrected chi connectivity index (χ1v) is 7.07. The molecule has 0 N–H and O–H groups in total. The van der Waals surface area contributed by atoms with Gasteiger partial charge in [0.2, 0.25) is 0 Å². The van der Waals surface area contributed by atoms with E-state index in [-0.39, 0.29) is 0 Å². The second kappa shape index (κ2) is 6.49. The van der Waals surface area contributed by atoms with Gasteiger partial charge < -0.3 is 4.74 Å². The summed E-state index contributed by atoms with van der Waals surface area (Å²) >= 11 is 18.6. The smallest absolute Gasteiger partial charge is 0.150 e. The lowest BCUT2D eigenvalue weighted by molar-refractivity contribution is 0.112. The van der Waals surface area contributed by atoms with Crippen LogP contribution in [0.1, 0.15) is 17.3 Å². The van der Waals surface area contributed by atoms with Crippen LogP contribution in [0.25, 0.3) is 11.1 Å². The molecule has 5 heteroatoms. The molecule has 0 radical (unpaired) electrons. The van der Waals surface area contributed by atoms with Gasteiger partial charge in [0.05, 0.1) is 16.7 Å². The number of benzene rings is 2. The Morgan fingerprint density at radius 1 is 1.00 bits per heavy atom. The maximum absolute atomic E-state index is 10.7. The lowest BCUT2D eigenvalue weighted by Gasteiger charge is -2.11. The fraction of sp³-hybridized carbons (Fsp3) is 0.133. The Kier molecular flexibility index (Phi) is 4.92. The Labute approximate surface area is 132 Å². The zero-order chi connectivity index (χ0) is 14.7. The molecular weight excluding hydrogens is 319 g/mol. The van der Waals surface area contributed by atoms with Gasteiger partial charge in [-0.1, -0.05) is 46.9 Å². The molecule has 0 aromatic heterocycles. The molecule has 0 heterocycles. The van der Waals surface area contributed by atoms with Gasteiger partial charge in [0.15, 0.2) is 0 Å². The molecular formula is C15H11Cl3O2. The van der Waals surface area contributed by atoms with E-state index >= 15 is 0 Å². The third-order valence-corrected chi connectivity index (χ3v) is 3.66. The van der Waals surface area contributed by atoms with Crippen molar-refractivity contribution in [2.24, 2.45) is 0 Å².